The highest BCUT2D eigenvalue weighted by atomic mass is 19.1. The maximum atomic E-state index is 14.1. The standard InChI is InChI=1S/C18H17F2NO3/c19-11-3-4-15(20)14(7-11)16-8-12(22)9-21(16)18(23)13-5-6-24-17(13)10-1-2-10/h3-7,10,12,16,22H,1-2,8-9H2. The summed E-state index contributed by atoms with van der Waals surface area (Å²) in [6.45, 7) is 0.0920. The van der Waals surface area contributed by atoms with Gasteiger partial charge in [-0.2, -0.15) is 0 Å². The minimum atomic E-state index is -0.766. The molecule has 0 spiro atoms. The molecule has 1 aliphatic carbocycles. The highest BCUT2D eigenvalue weighted by molar-refractivity contribution is 5.96. The number of nitrogens with zero attached hydrogens (tertiary/aromatic N) is 1. The molecular weight excluding hydrogens is 316 g/mol. The molecule has 2 heterocycles. The highest BCUT2D eigenvalue weighted by Crippen LogP contribution is 2.43. The number of likely N-dealkylation sites (tertiary alicyclic amines) is 1. The van der Waals surface area contributed by atoms with Crippen molar-refractivity contribution in [3.05, 3.63) is 59.1 Å². The zero-order valence-corrected chi connectivity index (χ0v) is 12.9. The second-order valence-corrected chi connectivity index (χ2v) is 6.50. The molecule has 1 saturated carbocycles. The molecule has 24 heavy (non-hydrogen) atoms. The van der Waals surface area contributed by atoms with Crippen LogP contribution in [0.5, 0.6) is 0 Å². The summed E-state index contributed by atoms with van der Waals surface area (Å²) in [5.74, 6) is -0.545. The topological polar surface area (TPSA) is 53.7 Å². The van der Waals surface area contributed by atoms with Gasteiger partial charge in [-0.15, -0.1) is 0 Å². The molecule has 1 amide bonds. The fourth-order valence-corrected chi connectivity index (χ4v) is 3.42. The van der Waals surface area contributed by atoms with Crippen molar-refractivity contribution >= 4 is 5.91 Å². The van der Waals surface area contributed by atoms with E-state index in [-0.39, 0.29) is 30.4 Å². The first-order chi connectivity index (χ1) is 11.5. The SMILES string of the molecule is O=C(c1ccoc1C1CC1)N1CC(O)CC1c1cc(F)ccc1F. The Hall–Kier alpha value is -2.21. The fraction of sp³-hybridized carbons (Fsp3) is 0.389. The molecule has 4 rings (SSSR count). The van der Waals surface area contributed by atoms with Crippen LogP contribution in [0.3, 0.4) is 0 Å². The predicted octanol–water partition coefficient (Wildman–Crippen LogP) is 3.38. The van der Waals surface area contributed by atoms with Gasteiger partial charge in [0, 0.05) is 18.0 Å². The lowest BCUT2D eigenvalue weighted by molar-refractivity contribution is 0.0711. The summed E-state index contributed by atoms with van der Waals surface area (Å²) in [6, 6.07) is 4.10. The van der Waals surface area contributed by atoms with E-state index in [2.05, 4.69) is 0 Å². The Bertz CT molecular complexity index is 784. The number of aliphatic hydroxyl groups excluding tert-OH is 1. The Morgan fingerprint density at radius 2 is 2.04 bits per heavy atom. The van der Waals surface area contributed by atoms with Crippen LogP contribution in [0.25, 0.3) is 0 Å². The number of carbonyl (C=O) groups excluding carboxylic acids is 1. The van der Waals surface area contributed by atoms with Gasteiger partial charge in [-0.1, -0.05) is 0 Å². The van der Waals surface area contributed by atoms with Gasteiger partial charge >= 0.3 is 0 Å². The number of hydrogen-bond donors (Lipinski definition) is 1. The first-order valence-corrected chi connectivity index (χ1v) is 8.06. The molecule has 1 saturated heterocycles. The van der Waals surface area contributed by atoms with Crippen LogP contribution < -0.4 is 0 Å². The molecule has 126 valence electrons. The molecule has 2 fully saturated rings. The monoisotopic (exact) mass is 333 g/mol. The average Bonchev–Trinajstić information content (AvgIpc) is 3.15. The van der Waals surface area contributed by atoms with E-state index >= 15 is 0 Å². The Morgan fingerprint density at radius 1 is 1.25 bits per heavy atom. The molecule has 1 N–H and O–H groups in total. The van der Waals surface area contributed by atoms with Crippen molar-refractivity contribution in [2.24, 2.45) is 0 Å². The first-order valence-electron chi connectivity index (χ1n) is 8.06. The van der Waals surface area contributed by atoms with E-state index < -0.39 is 23.8 Å². The van der Waals surface area contributed by atoms with Gasteiger partial charge in [0.2, 0.25) is 0 Å². The number of benzene rings is 1. The largest absolute Gasteiger partial charge is 0.468 e. The van der Waals surface area contributed by atoms with Crippen molar-refractivity contribution in [1.29, 1.82) is 0 Å². The van der Waals surface area contributed by atoms with Crippen molar-refractivity contribution in [2.45, 2.75) is 37.3 Å². The minimum Gasteiger partial charge on any atom is -0.468 e. The third-order valence-electron chi connectivity index (χ3n) is 4.73. The molecule has 0 radical (unpaired) electrons. The lowest BCUT2D eigenvalue weighted by atomic mass is 10.0. The average molecular weight is 333 g/mol. The summed E-state index contributed by atoms with van der Waals surface area (Å²) in [7, 11) is 0. The third-order valence-corrected chi connectivity index (χ3v) is 4.73. The van der Waals surface area contributed by atoms with Gasteiger partial charge < -0.3 is 14.4 Å². The smallest absolute Gasteiger partial charge is 0.258 e. The summed E-state index contributed by atoms with van der Waals surface area (Å²) in [5.41, 5.74) is 0.546. The van der Waals surface area contributed by atoms with Crippen molar-refractivity contribution in [3.8, 4) is 0 Å². The first kappa shape index (κ1) is 15.3. The number of rotatable bonds is 3. The lowest BCUT2D eigenvalue weighted by Gasteiger charge is -2.25. The van der Waals surface area contributed by atoms with E-state index in [0.717, 1.165) is 31.0 Å². The molecule has 2 atom stereocenters. The quantitative estimate of drug-likeness (QED) is 0.937. The molecule has 4 nitrogen and oxygen atoms in total. The van der Waals surface area contributed by atoms with Crippen LogP contribution in [-0.4, -0.2) is 28.6 Å². The van der Waals surface area contributed by atoms with Crippen molar-refractivity contribution in [1.82, 2.24) is 4.90 Å². The van der Waals surface area contributed by atoms with E-state index in [0.29, 0.717) is 11.3 Å². The van der Waals surface area contributed by atoms with Gasteiger partial charge in [-0.05, 0) is 43.5 Å². The summed E-state index contributed by atoms with van der Waals surface area (Å²) in [4.78, 5) is 14.3. The van der Waals surface area contributed by atoms with Crippen molar-refractivity contribution in [2.75, 3.05) is 6.54 Å². The zero-order chi connectivity index (χ0) is 16.8. The number of carbonyl (C=O) groups is 1. The van der Waals surface area contributed by atoms with Crippen molar-refractivity contribution in [3.63, 3.8) is 0 Å². The van der Waals surface area contributed by atoms with Crippen LogP contribution in [-0.2, 0) is 0 Å². The van der Waals surface area contributed by atoms with E-state index in [4.69, 9.17) is 4.42 Å². The van der Waals surface area contributed by atoms with Crippen molar-refractivity contribution < 1.29 is 23.1 Å². The normalized spacial score (nSPS) is 23.7. The summed E-state index contributed by atoms with van der Waals surface area (Å²) in [6.07, 6.45) is 2.86. The van der Waals surface area contributed by atoms with Gasteiger partial charge in [-0.3, -0.25) is 4.79 Å². The second kappa shape index (κ2) is 5.70. The number of amides is 1. The van der Waals surface area contributed by atoms with Crippen LogP contribution in [0, 0.1) is 11.6 Å². The molecule has 2 unspecified atom stereocenters. The van der Waals surface area contributed by atoms with Crippen LogP contribution in [0.4, 0.5) is 8.78 Å². The number of halogens is 2. The zero-order valence-electron chi connectivity index (χ0n) is 12.9. The number of aliphatic hydroxyl groups is 1. The molecule has 2 aromatic rings. The van der Waals surface area contributed by atoms with Crippen LogP contribution in [0.1, 0.15) is 52.9 Å². The molecule has 1 aliphatic heterocycles. The van der Waals surface area contributed by atoms with Gasteiger partial charge in [0.25, 0.3) is 5.91 Å². The fourth-order valence-electron chi connectivity index (χ4n) is 3.42. The Balaban J connectivity index is 1.68. The van der Waals surface area contributed by atoms with Crippen LogP contribution >= 0.6 is 0 Å². The molecule has 6 heteroatoms. The maximum absolute atomic E-state index is 14.1. The van der Waals surface area contributed by atoms with Crippen LogP contribution in [0.15, 0.2) is 34.9 Å². The highest BCUT2D eigenvalue weighted by Gasteiger charge is 2.40. The Labute approximate surface area is 137 Å². The van der Waals surface area contributed by atoms with Gasteiger partial charge in [0.15, 0.2) is 0 Å². The summed E-state index contributed by atoms with van der Waals surface area (Å²) in [5, 5.41) is 10.00. The van der Waals surface area contributed by atoms with Gasteiger partial charge in [0.05, 0.1) is 24.0 Å². The molecule has 1 aromatic heterocycles. The predicted molar refractivity (Wildman–Crippen MR) is 81.4 cm³/mol. The van der Waals surface area contributed by atoms with Crippen LogP contribution in [0.2, 0.25) is 0 Å². The Kier molecular flexibility index (Phi) is 3.64. The third kappa shape index (κ3) is 2.60. The van der Waals surface area contributed by atoms with E-state index in [1.807, 2.05) is 0 Å². The number of hydrogen-bond acceptors (Lipinski definition) is 3. The molecule has 0 bridgehead atoms. The number of β-amino-alcohol motifs (C(OH)–C–C–N with tert-alkyl or cyclic N) is 1. The van der Waals surface area contributed by atoms with Gasteiger partial charge in [0.1, 0.15) is 17.4 Å². The van der Waals surface area contributed by atoms with E-state index in [1.54, 1.807) is 6.07 Å². The maximum Gasteiger partial charge on any atom is 0.258 e. The molecule has 2 aliphatic rings. The van der Waals surface area contributed by atoms with E-state index in [1.165, 1.54) is 11.2 Å². The molecule has 1 aromatic carbocycles. The Morgan fingerprint density at radius 3 is 2.79 bits per heavy atom. The van der Waals surface area contributed by atoms with E-state index in [9.17, 15) is 18.7 Å². The molecular formula is C18H17F2NO3. The second-order valence-electron chi connectivity index (χ2n) is 6.50. The van der Waals surface area contributed by atoms with Gasteiger partial charge in [-0.25, -0.2) is 8.78 Å². The lowest BCUT2D eigenvalue weighted by Crippen LogP contribution is -2.32. The minimum absolute atomic E-state index is 0.0920. The number of furan rings is 1. The summed E-state index contributed by atoms with van der Waals surface area (Å²) >= 11 is 0. The summed E-state index contributed by atoms with van der Waals surface area (Å²) < 4.78 is 33.1.